The van der Waals surface area contributed by atoms with E-state index < -0.39 is 5.41 Å². The van der Waals surface area contributed by atoms with E-state index in [4.69, 9.17) is 18.8 Å². The first kappa shape index (κ1) is 39.2. The number of aromatic hydroxyl groups is 1. The van der Waals surface area contributed by atoms with Gasteiger partial charge in [-0.1, -0.05) is 151 Å². The van der Waals surface area contributed by atoms with Gasteiger partial charge in [-0.3, -0.25) is 4.57 Å². The van der Waals surface area contributed by atoms with Gasteiger partial charge in [-0.25, -0.2) is 9.97 Å². The van der Waals surface area contributed by atoms with Crippen LogP contribution in [0.2, 0.25) is 0 Å². The molecule has 0 radical (unpaired) electrons. The monoisotopic (exact) mass is 833 g/mol. The third-order valence-electron chi connectivity index (χ3n) is 12.4. The van der Waals surface area contributed by atoms with E-state index in [9.17, 15) is 5.11 Å². The number of aromatic nitrogens is 3. The molecule has 0 aliphatic heterocycles. The van der Waals surface area contributed by atoms with Crippen LogP contribution in [-0.4, -0.2) is 19.6 Å². The molecule has 11 aromatic rings. The van der Waals surface area contributed by atoms with Gasteiger partial charge in [0.25, 0.3) is 0 Å². The molecule has 0 atom stereocenters. The van der Waals surface area contributed by atoms with Gasteiger partial charge in [0.1, 0.15) is 39.6 Å². The Morgan fingerprint density at radius 3 is 1.62 bits per heavy atom. The molecule has 0 fully saturated rings. The van der Waals surface area contributed by atoms with Crippen LogP contribution in [0.4, 0.5) is 0 Å². The third-order valence-corrected chi connectivity index (χ3v) is 12.4. The van der Waals surface area contributed by atoms with E-state index in [1.54, 1.807) is 0 Å². The van der Waals surface area contributed by atoms with E-state index in [0.717, 1.165) is 94.8 Å². The Balaban J connectivity index is 1.19. The summed E-state index contributed by atoms with van der Waals surface area (Å²) in [5.41, 5.74) is 15.7. The molecule has 0 spiro atoms. The molecule has 0 aliphatic carbocycles. The number of hydrogen-bond acceptors (Lipinski definition) is 5. The second kappa shape index (κ2) is 14.7. The molecule has 312 valence electrons. The summed E-state index contributed by atoms with van der Waals surface area (Å²) in [5.74, 6) is 0.768. The Kier molecular flexibility index (Phi) is 9.00. The minimum Gasteiger partial charge on any atom is -0.507 e. The Morgan fingerprint density at radius 2 is 1.02 bits per heavy atom. The van der Waals surface area contributed by atoms with Gasteiger partial charge in [0.15, 0.2) is 0 Å². The van der Waals surface area contributed by atoms with Crippen LogP contribution in [0.3, 0.4) is 0 Å². The lowest BCUT2D eigenvalue weighted by Gasteiger charge is -2.25. The molecule has 7 aromatic carbocycles. The molecule has 0 amide bonds. The van der Waals surface area contributed by atoms with Gasteiger partial charge >= 0.3 is 0 Å². The first-order valence-electron chi connectivity index (χ1n) is 21.9. The number of nitrogens with zero attached hydrogens (tertiary/aromatic N) is 3. The van der Waals surface area contributed by atoms with Crippen molar-refractivity contribution in [2.45, 2.75) is 52.4 Å². The smallest absolute Gasteiger partial charge is 0.149 e. The van der Waals surface area contributed by atoms with Gasteiger partial charge in [-0.2, -0.15) is 0 Å². The topological polar surface area (TPSA) is 77.2 Å². The van der Waals surface area contributed by atoms with Crippen LogP contribution in [0.5, 0.6) is 5.75 Å². The highest BCUT2D eigenvalue weighted by Gasteiger charge is 2.32. The van der Waals surface area contributed by atoms with Crippen molar-refractivity contribution < 1.29 is 13.9 Å². The number of hydrogen-bond donors (Lipinski definition) is 1. The summed E-state index contributed by atoms with van der Waals surface area (Å²) in [4.78, 5) is 11.1. The minimum absolute atomic E-state index is 0.0334. The predicted octanol–water partition coefficient (Wildman–Crippen LogP) is 15.7. The number of phenolic OH excluding ortho intramolecular Hbond substituents is 1. The van der Waals surface area contributed by atoms with Crippen molar-refractivity contribution in [3.05, 3.63) is 181 Å². The third kappa shape index (κ3) is 6.65. The van der Waals surface area contributed by atoms with Crippen molar-refractivity contribution >= 4 is 33.1 Å². The first-order valence-corrected chi connectivity index (χ1v) is 21.9. The SMILES string of the molecule is CC(C)(C)c1ccc(-n2c(-c3ccc(-c4ccccc4)cc3O)nc(-c3cc(-c4ccccc4-c4ccccc4)cc(-c4cc5oc6cccc7oc(c4)c5c67)n3)c2C(C)(C)C)cc1. The molecule has 11 rings (SSSR count). The number of benzene rings is 7. The standard InChI is InChI=1S/C58H47N3O3/c1-57(2,3)40-25-27-41(28-26-40)61-55(58(4,5)6)54(60-56(61)44-29-24-37(32-47(44)62)35-16-9-7-10-17-35)46-31-38(43-21-14-13-20-42(43)36-18-11-8-12-19-36)30-45(59-46)39-33-50-53-51(34-39)64-49-23-15-22-48(63-50)52(49)53/h7-34,62H,1-6H3. The second-order valence-corrected chi connectivity index (χ2v) is 18.8. The van der Waals surface area contributed by atoms with E-state index in [1.807, 2.05) is 54.6 Å². The normalized spacial score (nSPS) is 12.3. The summed E-state index contributed by atoms with van der Waals surface area (Å²) in [6, 6.07) is 58.2. The van der Waals surface area contributed by atoms with Crippen LogP contribution in [0.25, 0.3) is 106 Å². The van der Waals surface area contributed by atoms with Crippen LogP contribution < -0.4 is 0 Å². The predicted molar refractivity (Wildman–Crippen MR) is 261 cm³/mol. The molecule has 6 nitrogen and oxygen atoms in total. The first-order chi connectivity index (χ1) is 30.9. The van der Waals surface area contributed by atoms with Crippen molar-refractivity contribution in [2.75, 3.05) is 0 Å². The van der Waals surface area contributed by atoms with Gasteiger partial charge < -0.3 is 13.9 Å². The molecule has 4 heterocycles. The number of phenols is 1. The van der Waals surface area contributed by atoms with Crippen LogP contribution in [-0.2, 0) is 10.8 Å². The summed E-state index contributed by atoms with van der Waals surface area (Å²) in [5, 5.41) is 14.0. The number of pyridine rings is 1. The zero-order chi connectivity index (χ0) is 43.9. The maximum Gasteiger partial charge on any atom is 0.149 e. The average Bonchev–Trinajstić information content (AvgIpc) is 4.02. The molecule has 0 aliphatic rings. The fourth-order valence-corrected chi connectivity index (χ4v) is 9.23. The average molecular weight is 834 g/mol. The lowest BCUT2D eigenvalue weighted by molar-refractivity contribution is 0.477. The second-order valence-electron chi connectivity index (χ2n) is 18.8. The van der Waals surface area contributed by atoms with E-state index in [-0.39, 0.29) is 11.2 Å². The highest BCUT2D eigenvalue weighted by Crippen LogP contribution is 2.46. The summed E-state index contributed by atoms with van der Waals surface area (Å²) in [6.07, 6.45) is 0. The van der Waals surface area contributed by atoms with E-state index >= 15 is 0 Å². The van der Waals surface area contributed by atoms with Gasteiger partial charge in [0.2, 0.25) is 0 Å². The molecule has 0 unspecified atom stereocenters. The van der Waals surface area contributed by atoms with Crippen molar-refractivity contribution in [3.63, 3.8) is 0 Å². The summed E-state index contributed by atoms with van der Waals surface area (Å²) in [7, 11) is 0. The number of imidazole rings is 1. The molecule has 64 heavy (non-hydrogen) atoms. The Bertz CT molecular complexity index is 3450. The summed E-state index contributed by atoms with van der Waals surface area (Å²) in [6.45, 7) is 13.3. The zero-order valence-electron chi connectivity index (χ0n) is 36.8. The largest absolute Gasteiger partial charge is 0.507 e. The van der Waals surface area contributed by atoms with E-state index in [0.29, 0.717) is 17.1 Å². The molecule has 1 N–H and O–H groups in total. The number of furan rings is 2. The molecular formula is C58H47N3O3. The van der Waals surface area contributed by atoms with Gasteiger partial charge in [-0.15, -0.1) is 0 Å². The van der Waals surface area contributed by atoms with Crippen molar-refractivity contribution in [1.29, 1.82) is 0 Å². The Hall–Kier alpha value is -7.70. The number of rotatable bonds is 7. The Labute approximate surface area is 372 Å². The van der Waals surface area contributed by atoms with Crippen LogP contribution >= 0.6 is 0 Å². The maximum atomic E-state index is 12.0. The Morgan fingerprint density at radius 1 is 0.438 bits per heavy atom. The molecule has 0 saturated heterocycles. The van der Waals surface area contributed by atoms with Crippen molar-refractivity contribution in [2.24, 2.45) is 0 Å². The van der Waals surface area contributed by atoms with E-state index in [2.05, 4.69) is 161 Å². The lowest BCUT2D eigenvalue weighted by Crippen LogP contribution is -2.19. The maximum absolute atomic E-state index is 12.0. The highest BCUT2D eigenvalue weighted by molar-refractivity contribution is 6.21. The molecular weight excluding hydrogens is 787 g/mol. The van der Waals surface area contributed by atoms with Crippen LogP contribution in [0.1, 0.15) is 52.8 Å². The molecule has 4 aromatic heterocycles. The van der Waals surface area contributed by atoms with Gasteiger partial charge in [0.05, 0.1) is 33.4 Å². The molecule has 0 bridgehead atoms. The fourth-order valence-electron chi connectivity index (χ4n) is 9.23. The lowest BCUT2D eigenvalue weighted by atomic mass is 9.86. The van der Waals surface area contributed by atoms with Gasteiger partial charge in [-0.05, 0) is 105 Å². The summed E-state index contributed by atoms with van der Waals surface area (Å²) >= 11 is 0. The zero-order valence-corrected chi connectivity index (χ0v) is 36.8. The van der Waals surface area contributed by atoms with Crippen LogP contribution in [0, 0.1) is 0 Å². The van der Waals surface area contributed by atoms with Crippen LogP contribution in [0.15, 0.2) is 179 Å². The fraction of sp³-hybridized carbons (Fsp3) is 0.138. The quantitative estimate of drug-likeness (QED) is 0.173. The molecule has 6 heteroatoms. The van der Waals surface area contributed by atoms with Gasteiger partial charge in [0, 0.05) is 16.7 Å². The molecule has 0 saturated carbocycles. The minimum atomic E-state index is -0.438. The van der Waals surface area contributed by atoms with Crippen molar-refractivity contribution in [1.82, 2.24) is 14.5 Å². The van der Waals surface area contributed by atoms with Crippen molar-refractivity contribution in [3.8, 4) is 78.9 Å². The van der Waals surface area contributed by atoms with E-state index in [1.165, 1.54) is 5.56 Å². The summed E-state index contributed by atoms with van der Waals surface area (Å²) < 4.78 is 15.1. The highest BCUT2D eigenvalue weighted by atomic mass is 16.4.